The van der Waals surface area contributed by atoms with Crippen LogP contribution in [-0.2, 0) is 6.42 Å². The maximum Gasteiger partial charge on any atom is 0.160 e. The minimum Gasteiger partial charge on any atom is -0.516 e. The zero-order valence-electron chi connectivity index (χ0n) is 7.53. The summed E-state index contributed by atoms with van der Waals surface area (Å²) >= 11 is 0. The first kappa shape index (κ1) is 9.52. The molecule has 1 N–H and O–H groups in total. The summed E-state index contributed by atoms with van der Waals surface area (Å²) < 4.78 is 0. The summed E-state index contributed by atoms with van der Waals surface area (Å²) in [6, 6.07) is 7.40. The molecule has 0 atom stereocenters. The Balaban J connectivity index is 2.97. The molecule has 0 saturated heterocycles. The van der Waals surface area contributed by atoms with Gasteiger partial charge in [-0.2, -0.15) is 0 Å². The lowest BCUT2D eigenvalue weighted by molar-refractivity contribution is 0.101. The molecule has 13 heavy (non-hydrogen) atoms. The molecule has 1 aromatic carbocycles. The van der Waals surface area contributed by atoms with Gasteiger partial charge in [0.05, 0.1) is 6.26 Å². The summed E-state index contributed by atoms with van der Waals surface area (Å²) in [6.07, 6.45) is 3.20. The number of aliphatic hydroxyl groups is 1. The van der Waals surface area contributed by atoms with Crippen molar-refractivity contribution in [2.24, 2.45) is 0 Å². The van der Waals surface area contributed by atoms with Crippen LogP contribution in [0.3, 0.4) is 0 Å². The minimum atomic E-state index is 0.0574. The van der Waals surface area contributed by atoms with E-state index in [1.807, 2.05) is 18.2 Å². The van der Waals surface area contributed by atoms with Gasteiger partial charge < -0.3 is 5.11 Å². The maximum absolute atomic E-state index is 11.1. The number of hydrogen-bond acceptors (Lipinski definition) is 2. The molecular formula is C11H12O2. The normalized spacial score (nSPS) is 10.5. The van der Waals surface area contributed by atoms with E-state index in [1.165, 1.54) is 0 Å². The van der Waals surface area contributed by atoms with Crippen LogP contribution in [0.1, 0.15) is 22.8 Å². The number of rotatable bonds is 3. The number of aliphatic hydroxyl groups excluding tert-OH is 1. The zero-order valence-corrected chi connectivity index (χ0v) is 7.53. The average Bonchev–Trinajstić information content (AvgIpc) is 2.15. The van der Waals surface area contributed by atoms with E-state index in [1.54, 1.807) is 19.1 Å². The van der Waals surface area contributed by atoms with E-state index in [0.29, 0.717) is 6.42 Å². The van der Waals surface area contributed by atoms with Gasteiger partial charge in [-0.15, -0.1) is 0 Å². The van der Waals surface area contributed by atoms with Crippen LogP contribution >= 0.6 is 0 Å². The molecule has 0 aliphatic heterocycles. The van der Waals surface area contributed by atoms with Crippen molar-refractivity contribution in [2.45, 2.75) is 13.3 Å². The van der Waals surface area contributed by atoms with Gasteiger partial charge in [-0.1, -0.05) is 24.3 Å². The summed E-state index contributed by atoms with van der Waals surface area (Å²) in [7, 11) is 0. The first-order valence-corrected chi connectivity index (χ1v) is 4.13. The fourth-order valence-electron chi connectivity index (χ4n) is 1.22. The monoisotopic (exact) mass is 176 g/mol. The highest BCUT2D eigenvalue weighted by Crippen LogP contribution is 2.10. The van der Waals surface area contributed by atoms with Crippen molar-refractivity contribution >= 4 is 5.78 Å². The van der Waals surface area contributed by atoms with Crippen LogP contribution in [0.25, 0.3) is 0 Å². The van der Waals surface area contributed by atoms with E-state index >= 15 is 0 Å². The van der Waals surface area contributed by atoms with Gasteiger partial charge in [0.1, 0.15) is 0 Å². The molecule has 0 saturated carbocycles. The van der Waals surface area contributed by atoms with Crippen LogP contribution in [0.4, 0.5) is 0 Å². The van der Waals surface area contributed by atoms with E-state index in [9.17, 15) is 4.79 Å². The Hall–Kier alpha value is -1.57. The van der Waals surface area contributed by atoms with Gasteiger partial charge in [-0.05, 0) is 25.0 Å². The molecule has 0 radical (unpaired) electrons. The summed E-state index contributed by atoms with van der Waals surface area (Å²) in [6.45, 7) is 1.54. The molecule has 0 heterocycles. The van der Waals surface area contributed by atoms with Crippen molar-refractivity contribution < 1.29 is 9.90 Å². The number of hydrogen-bond donors (Lipinski definition) is 1. The first-order valence-electron chi connectivity index (χ1n) is 4.13. The Bertz CT molecular complexity index is 327. The fourth-order valence-corrected chi connectivity index (χ4v) is 1.22. The second-order valence-electron chi connectivity index (χ2n) is 2.80. The number of Topliss-reactive ketones (excluding diaryl/α,β-unsaturated/α-hetero) is 1. The Morgan fingerprint density at radius 3 is 2.77 bits per heavy atom. The molecule has 0 aliphatic carbocycles. The molecule has 2 heteroatoms. The molecule has 1 rings (SSSR count). The predicted molar refractivity (Wildman–Crippen MR) is 51.9 cm³/mol. The van der Waals surface area contributed by atoms with Gasteiger partial charge in [0.2, 0.25) is 0 Å². The quantitative estimate of drug-likeness (QED) is 0.567. The molecule has 0 amide bonds. The predicted octanol–water partition coefficient (Wildman–Crippen LogP) is 2.50. The van der Waals surface area contributed by atoms with Gasteiger partial charge in [-0.3, -0.25) is 4.79 Å². The highest BCUT2D eigenvalue weighted by molar-refractivity contribution is 5.95. The molecule has 68 valence electrons. The van der Waals surface area contributed by atoms with Crippen LogP contribution in [-0.4, -0.2) is 10.9 Å². The third kappa shape index (κ3) is 2.44. The third-order valence-electron chi connectivity index (χ3n) is 1.84. The van der Waals surface area contributed by atoms with Crippen molar-refractivity contribution in [3.63, 3.8) is 0 Å². The van der Waals surface area contributed by atoms with Gasteiger partial charge in [0.15, 0.2) is 5.78 Å². The van der Waals surface area contributed by atoms with Crippen LogP contribution < -0.4 is 0 Å². The molecule has 2 nitrogen and oxygen atoms in total. The minimum absolute atomic E-state index is 0.0574. The van der Waals surface area contributed by atoms with E-state index < -0.39 is 0 Å². The second-order valence-corrected chi connectivity index (χ2v) is 2.80. The highest BCUT2D eigenvalue weighted by Gasteiger charge is 2.03. The van der Waals surface area contributed by atoms with Gasteiger partial charge >= 0.3 is 0 Å². The number of ketones is 1. The molecule has 0 fully saturated rings. The molecule has 0 unspecified atom stereocenters. The molecule has 1 aromatic rings. The lowest BCUT2D eigenvalue weighted by Gasteiger charge is -2.02. The Morgan fingerprint density at radius 1 is 1.46 bits per heavy atom. The number of benzene rings is 1. The van der Waals surface area contributed by atoms with E-state index in [4.69, 9.17) is 5.11 Å². The van der Waals surface area contributed by atoms with Crippen LogP contribution in [0, 0.1) is 0 Å². The van der Waals surface area contributed by atoms with Crippen LogP contribution in [0.5, 0.6) is 0 Å². The van der Waals surface area contributed by atoms with Crippen LogP contribution in [0.2, 0.25) is 0 Å². The molecule has 0 bridgehead atoms. The largest absolute Gasteiger partial charge is 0.516 e. The highest BCUT2D eigenvalue weighted by atomic mass is 16.2. The number of carbonyl (C=O) groups excluding carboxylic acids is 1. The Labute approximate surface area is 77.5 Å². The SMILES string of the molecule is CC(=O)c1ccccc1CC=CO. The Morgan fingerprint density at radius 2 is 2.15 bits per heavy atom. The molecule has 0 aromatic heterocycles. The average molecular weight is 176 g/mol. The lowest BCUT2D eigenvalue weighted by Crippen LogP contribution is -1.97. The number of carbonyl (C=O) groups is 1. The van der Waals surface area contributed by atoms with Gasteiger partial charge in [-0.25, -0.2) is 0 Å². The fraction of sp³-hybridized carbons (Fsp3) is 0.182. The Kier molecular flexibility index (Phi) is 3.26. The standard InChI is InChI=1S/C11H12O2/c1-9(13)11-7-3-2-5-10(11)6-4-8-12/h2-5,7-8,12H,6H2,1H3. The summed E-state index contributed by atoms with van der Waals surface area (Å²) in [5.41, 5.74) is 1.67. The van der Waals surface area contributed by atoms with E-state index in [2.05, 4.69) is 0 Å². The zero-order chi connectivity index (χ0) is 9.68. The van der Waals surface area contributed by atoms with Crippen molar-refractivity contribution in [1.29, 1.82) is 0 Å². The lowest BCUT2D eigenvalue weighted by atomic mass is 10.0. The third-order valence-corrected chi connectivity index (χ3v) is 1.84. The summed E-state index contributed by atoms with van der Waals surface area (Å²) in [5.74, 6) is 0.0574. The number of allylic oxidation sites excluding steroid dienone is 1. The molecule has 0 spiro atoms. The molecular weight excluding hydrogens is 164 g/mol. The van der Waals surface area contributed by atoms with Crippen molar-refractivity contribution in [1.82, 2.24) is 0 Å². The van der Waals surface area contributed by atoms with Crippen molar-refractivity contribution in [3.8, 4) is 0 Å². The van der Waals surface area contributed by atoms with Gasteiger partial charge in [0, 0.05) is 5.56 Å². The van der Waals surface area contributed by atoms with Crippen LogP contribution in [0.15, 0.2) is 36.6 Å². The van der Waals surface area contributed by atoms with Crippen molar-refractivity contribution in [2.75, 3.05) is 0 Å². The maximum atomic E-state index is 11.1. The first-order chi connectivity index (χ1) is 6.25. The smallest absolute Gasteiger partial charge is 0.160 e. The topological polar surface area (TPSA) is 37.3 Å². The van der Waals surface area contributed by atoms with E-state index in [0.717, 1.165) is 17.4 Å². The van der Waals surface area contributed by atoms with Gasteiger partial charge in [0.25, 0.3) is 0 Å². The second kappa shape index (κ2) is 4.45. The molecule has 0 aliphatic rings. The van der Waals surface area contributed by atoms with E-state index in [-0.39, 0.29) is 5.78 Å². The van der Waals surface area contributed by atoms with Crippen molar-refractivity contribution in [3.05, 3.63) is 47.7 Å². The summed E-state index contributed by atoms with van der Waals surface area (Å²) in [4.78, 5) is 11.1. The summed E-state index contributed by atoms with van der Waals surface area (Å²) in [5, 5.41) is 8.49.